The highest BCUT2D eigenvalue weighted by Gasteiger charge is 2.35. The van der Waals surface area contributed by atoms with Crippen LogP contribution in [-0.4, -0.2) is 34.1 Å². The van der Waals surface area contributed by atoms with Crippen molar-refractivity contribution in [1.82, 2.24) is 9.97 Å². The van der Waals surface area contributed by atoms with E-state index in [9.17, 15) is 9.90 Å². The van der Waals surface area contributed by atoms with Gasteiger partial charge in [0, 0.05) is 23.7 Å². The quantitative estimate of drug-likeness (QED) is 0.414. The first kappa shape index (κ1) is 20.7. The van der Waals surface area contributed by atoms with E-state index >= 15 is 0 Å². The molecule has 0 saturated carbocycles. The lowest BCUT2D eigenvalue weighted by molar-refractivity contribution is 0.0115. The Morgan fingerprint density at radius 1 is 1.19 bits per heavy atom. The number of piperidine rings is 1. The third-order valence-electron chi connectivity index (χ3n) is 5.85. The molecule has 0 unspecified atom stereocenters. The van der Waals surface area contributed by atoms with E-state index in [2.05, 4.69) is 4.98 Å². The largest absolute Gasteiger partial charge is 0.472 e. The minimum absolute atomic E-state index is 0.256. The Kier molecular flexibility index (Phi) is 5.04. The molecule has 4 heterocycles. The van der Waals surface area contributed by atoms with Gasteiger partial charge in [0.15, 0.2) is 0 Å². The number of rotatable bonds is 4. The van der Waals surface area contributed by atoms with Crippen molar-refractivity contribution in [3.8, 4) is 11.3 Å². The molecule has 10 heteroatoms. The minimum atomic E-state index is -0.939. The van der Waals surface area contributed by atoms with Gasteiger partial charge in [0.2, 0.25) is 5.95 Å². The fraction of sp³-hybridized carbons (Fsp3) is 0.227. The summed E-state index contributed by atoms with van der Waals surface area (Å²) in [5.41, 5.74) is 13.2. The van der Waals surface area contributed by atoms with E-state index in [0.29, 0.717) is 52.8 Å². The van der Waals surface area contributed by atoms with Gasteiger partial charge in [-0.25, -0.2) is 9.97 Å². The Morgan fingerprint density at radius 2 is 1.91 bits per heavy atom. The summed E-state index contributed by atoms with van der Waals surface area (Å²) in [6.45, 7) is 1.11. The lowest BCUT2D eigenvalue weighted by Gasteiger charge is -2.38. The Bertz CT molecular complexity index is 1300. The second kappa shape index (κ2) is 7.77. The SMILES string of the molecule is NC(=O)c1sc2nc(N3CCC(O)(c4ccc(Cl)cc4)CC3)nc(-c3ccoc3)c2c1N. The number of thiophene rings is 1. The van der Waals surface area contributed by atoms with Gasteiger partial charge in [0.25, 0.3) is 5.91 Å². The van der Waals surface area contributed by atoms with E-state index in [4.69, 9.17) is 32.5 Å². The zero-order valence-corrected chi connectivity index (χ0v) is 18.5. The third-order valence-corrected chi connectivity index (χ3v) is 7.22. The smallest absolute Gasteiger partial charge is 0.260 e. The molecular weight excluding hydrogens is 450 g/mol. The van der Waals surface area contributed by atoms with Gasteiger partial charge in [0.1, 0.15) is 9.71 Å². The Balaban J connectivity index is 1.51. The van der Waals surface area contributed by atoms with Crippen molar-refractivity contribution in [2.24, 2.45) is 5.73 Å². The van der Waals surface area contributed by atoms with Crippen molar-refractivity contribution in [3.05, 3.63) is 58.3 Å². The summed E-state index contributed by atoms with van der Waals surface area (Å²) < 4.78 is 5.24. The van der Waals surface area contributed by atoms with E-state index in [-0.39, 0.29) is 10.6 Å². The van der Waals surface area contributed by atoms with Crippen LogP contribution in [0.1, 0.15) is 28.1 Å². The first-order valence-corrected chi connectivity index (χ1v) is 11.2. The molecule has 5 rings (SSSR count). The maximum Gasteiger partial charge on any atom is 0.260 e. The first-order chi connectivity index (χ1) is 15.4. The van der Waals surface area contributed by atoms with Crippen molar-refractivity contribution in [2.75, 3.05) is 23.7 Å². The number of carbonyl (C=O) groups excluding carboxylic acids is 1. The molecular formula is C22H20ClN5O3S. The first-order valence-electron chi connectivity index (χ1n) is 10.0. The predicted octanol–water partition coefficient (Wildman–Crippen LogP) is 3.77. The highest BCUT2D eigenvalue weighted by molar-refractivity contribution is 7.21. The molecule has 1 amide bonds. The van der Waals surface area contributed by atoms with Gasteiger partial charge in [-0.1, -0.05) is 23.7 Å². The fourth-order valence-corrected chi connectivity index (χ4v) is 5.14. The van der Waals surface area contributed by atoms with Crippen LogP contribution in [-0.2, 0) is 5.60 Å². The average molecular weight is 470 g/mol. The number of hydrogen-bond acceptors (Lipinski definition) is 8. The summed E-state index contributed by atoms with van der Waals surface area (Å²) in [5, 5.41) is 12.4. The molecule has 0 aliphatic carbocycles. The van der Waals surface area contributed by atoms with Crippen LogP contribution in [0.3, 0.4) is 0 Å². The monoisotopic (exact) mass is 469 g/mol. The fourth-order valence-electron chi connectivity index (χ4n) is 4.07. The molecule has 1 aromatic carbocycles. The molecule has 0 bridgehead atoms. The molecule has 4 aromatic rings. The molecule has 1 saturated heterocycles. The van der Waals surface area contributed by atoms with E-state index in [0.717, 1.165) is 22.5 Å². The highest BCUT2D eigenvalue weighted by atomic mass is 35.5. The van der Waals surface area contributed by atoms with Crippen molar-refractivity contribution >= 4 is 50.7 Å². The summed E-state index contributed by atoms with van der Waals surface area (Å²) in [5.74, 6) is -0.0969. The summed E-state index contributed by atoms with van der Waals surface area (Å²) in [7, 11) is 0. The van der Waals surface area contributed by atoms with Crippen LogP contribution in [0.5, 0.6) is 0 Å². The number of anilines is 2. The molecule has 3 aromatic heterocycles. The highest BCUT2D eigenvalue weighted by Crippen LogP contribution is 2.40. The van der Waals surface area contributed by atoms with Crippen LogP contribution in [0.15, 0.2) is 47.3 Å². The van der Waals surface area contributed by atoms with Crippen molar-refractivity contribution in [1.29, 1.82) is 0 Å². The molecule has 8 nitrogen and oxygen atoms in total. The van der Waals surface area contributed by atoms with Gasteiger partial charge < -0.3 is 25.9 Å². The van der Waals surface area contributed by atoms with Gasteiger partial charge in [-0.05, 0) is 36.6 Å². The van der Waals surface area contributed by atoms with E-state index in [1.54, 1.807) is 30.7 Å². The topological polar surface area (TPSA) is 132 Å². The molecule has 1 aliphatic heterocycles. The molecule has 0 atom stereocenters. The molecule has 0 spiro atoms. The van der Waals surface area contributed by atoms with Gasteiger partial charge in [-0.2, -0.15) is 0 Å². The number of amides is 1. The van der Waals surface area contributed by atoms with Crippen molar-refractivity contribution in [2.45, 2.75) is 18.4 Å². The van der Waals surface area contributed by atoms with Gasteiger partial charge in [-0.3, -0.25) is 4.79 Å². The zero-order chi connectivity index (χ0) is 22.5. The van der Waals surface area contributed by atoms with Crippen LogP contribution in [0.4, 0.5) is 11.6 Å². The normalized spacial score (nSPS) is 15.9. The standard InChI is InChI=1S/C22H20ClN5O3S/c23-14-3-1-13(2-4-14)22(30)6-8-28(9-7-22)21-26-17(12-5-10-31-11-12)15-16(24)18(19(25)29)32-20(15)27-21/h1-5,10-11,30H,6-9,24H2,(H2,25,29). The van der Waals surface area contributed by atoms with Gasteiger partial charge >= 0.3 is 0 Å². The number of nitrogens with zero attached hydrogens (tertiary/aromatic N) is 3. The maximum atomic E-state index is 11.8. The average Bonchev–Trinajstić information content (AvgIpc) is 3.43. The molecule has 0 radical (unpaired) electrons. The van der Waals surface area contributed by atoms with E-state index < -0.39 is 11.5 Å². The number of furan rings is 1. The second-order valence-corrected chi connectivity index (χ2v) is 9.23. The van der Waals surface area contributed by atoms with Crippen molar-refractivity contribution < 1.29 is 14.3 Å². The number of nitrogen functional groups attached to an aromatic ring is 1. The summed E-state index contributed by atoms with van der Waals surface area (Å²) >= 11 is 7.14. The zero-order valence-electron chi connectivity index (χ0n) is 16.9. The number of aliphatic hydroxyl groups is 1. The number of hydrogen-bond donors (Lipinski definition) is 3. The van der Waals surface area contributed by atoms with Crippen molar-refractivity contribution in [3.63, 3.8) is 0 Å². The Hall–Kier alpha value is -3.14. The summed E-state index contributed by atoms with van der Waals surface area (Å²) in [6, 6.07) is 9.07. The van der Waals surface area contributed by atoms with Crippen LogP contribution in [0.25, 0.3) is 21.5 Å². The minimum Gasteiger partial charge on any atom is -0.472 e. The Morgan fingerprint density at radius 3 is 2.53 bits per heavy atom. The number of carbonyl (C=O) groups is 1. The van der Waals surface area contributed by atoms with Crippen LogP contribution < -0.4 is 16.4 Å². The number of primary amides is 1. The van der Waals surface area contributed by atoms with E-state index in [1.807, 2.05) is 17.0 Å². The Labute approximate surface area is 192 Å². The lowest BCUT2D eigenvalue weighted by Crippen LogP contribution is -2.43. The molecule has 32 heavy (non-hydrogen) atoms. The summed E-state index contributed by atoms with van der Waals surface area (Å²) in [6.07, 6.45) is 4.14. The number of benzene rings is 1. The van der Waals surface area contributed by atoms with Gasteiger partial charge in [-0.15, -0.1) is 11.3 Å². The molecule has 164 valence electrons. The van der Waals surface area contributed by atoms with Crippen LogP contribution in [0, 0.1) is 0 Å². The van der Waals surface area contributed by atoms with E-state index in [1.165, 1.54) is 0 Å². The second-order valence-electron chi connectivity index (χ2n) is 7.80. The summed E-state index contributed by atoms with van der Waals surface area (Å²) in [4.78, 5) is 24.1. The van der Waals surface area contributed by atoms with Crippen LogP contribution >= 0.6 is 22.9 Å². The maximum absolute atomic E-state index is 11.8. The number of aromatic nitrogens is 2. The number of fused-ring (bicyclic) bond motifs is 1. The van der Waals surface area contributed by atoms with Crippen LogP contribution in [0.2, 0.25) is 5.02 Å². The van der Waals surface area contributed by atoms with Gasteiger partial charge in [0.05, 0.1) is 34.9 Å². The number of halogens is 1. The molecule has 1 fully saturated rings. The number of nitrogens with two attached hydrogens (primary N) is 2. The molecule has 5 N–H and O–H groups in total. The lowest BCUT2D eigenvalue weighted by atomic mass is 9.84. The molecule has 1 aliphatic rings. The predicted molar refractivity (Wildman–Crippen MR) is 125 cm³/mol. The third kappa shape index (κ3) is 3.48.